The molecule has 0 amide bonds. The fourth-order valence-corrected chi connectivity index (χ4v) is 5.89. The number of aliphatic hydroxyl groups excluding tert-OH is 1. The second-order valence-electron chi connectivity index (χ2n) is 9.92. The molecule has 0 spiro atoms. The van der Waals surface area contributed by atoms with Gasteiger partial charge in [-0.3, -0.25) is 10.3 Å². The van der Waals surface area contributed by atoms with Crippen molar-refractivity contribution in [2.45, 2.75) is 50.7 Å². The molecule has 4 rings (SSSR count). The van der Waals surface area contributed by atoms with E-state index >= 15 is 0 Å². The zero-order valence-corrected chi connectivity index (χ0v) is 22.0. The van der Waals surface area contributed by atoms with Crippen molar-refractivity contribution < 1.29 is 18.3 Å². The van der Waals surface area contributed by atoms with Crippen LogP contribution in [-0.4, -0.2) is 95.4 Å². The third kappa shape index (κ3) is 5.17. The molecule has 12 heteroatoms. The Morgan fingerprint density at radius 1 is 1.28 bits per heavy atom. The quantitative estimate of drug-likeness (QED) is 0.373. The van der Waals surface area contributed by atoms with Gasteiger partial charge >= 0.3 is 0 Å². The zero-order valence-electron chi connectivity index (χ0n) is 21.2. The number of sulfonamides is 1. The summed E-state index contributed by atoms with van der Waals surface area (Å²) in [6.45, 7) is 10.6. The van der Waals surface area contributed by atoms with E-state index in [1.807, 2.05) is 38.5 Å². The minimum atomic E-state index is -3.73. The van der Waals surface area contributed by atoms with E-state index in [2.05, 4.69) is 15.2 Å². The number of nitrogens with zero attached hydrogens (tertiary/aromatic N) is 5. The van der Waals surface area contributed by atoms with Gasteiger partial charge in [0.25, 0.3) is 0 Å². The van der Waals surface area contributed by atoms with Gasteiger partial charge in [-0.1, -0.05) is 0 Å². The van der Waals surface area contributed by atoms with Gasteiger partial charge in [0.1, 0.15) is 30.2 Å². The number of amidine groups is 1. The molecule has 1 saturated heterocycles. The first-order chi connectivity index (χ1) is 17.1. The number of aromatic nitrogens is 2. The smallest absolute Gasteiger partial charge is 0.243 e. The average molecular weight is 518 g/mol. The molecule has 1 fully saturated rings. The number of imidazole rings is 1. The molecule has 0 saturated carbocycles. The van der Waals surface area contributed by atoms with E-state index in [0.717, 1.165) is 6.34 Å². The number of aliphatic hydroxyl groups is 1. The van der Waals surface area contributed by atoms with Crippen molar-refractivity contribution in [1.82, 2.24) is 24.1 Å². The molecular weight excluding hydrogens is 482 g/mol. The molecule has 196 valence electrons. The van der Waals surface area contributed by atoms with E-state index in [1.54, 1.807) is 18.2 Å². The highest BCUT2D eigenvalue weighted by Crippen LogP contribution is 2.35. The first kappa shape index (κ1) is 26.3. The lowest BCUT2D eigenvalue weighted by Gasteiger charge is -2.42. The first-order valence-corrected chi connectivity index (χ1v) is 13.5. The van der Waals surface area contributed by atoms with Crippen molar-refractivity contribution >= 4 is 22.2 Å². The highest BCUT2D eigenvalue weighted by Gasteiger charge is 2.34. The van der Waals surface area contributed by atoms with Crippen molar-refractivity contribution in [3.05, 3.63) is 30.1 Å². The molecule has 3 heterocycles. The predicted molar refractivity (Wildman–Crippen MR) is 138 cm³/mol. The summed E-state index contributed by atoms with van der Waals surface area (Å²) < 4.78 is 36.4. The molecule has 36 heavy (non-hydrogen) atoms. The third-order valence-electron chi connectivity index (χ3n) is 6.54. The van der Waals surface area contributed by atoms with Crippen LogP contribution in [0.4, 0.5) is 0 Å². The largest absolute Gasteiger partial charge is 0.491 e. The van der Waals surface area contributed by atoms with Gasteiger partial charge in [0.05, 0.1) is 23.6 Å². The van der Waals surface area contributed by atoms with Crippen molar-refractivity contribution in [1.29, 1.82) is 5.41 Å². The summed E-state index contributed by atoms with van der Waals surface area (Å²) in [4.78, 5) is 11.2. The molecule has 0 atom stereocenters. The number of piperazine rings is 1. The molecule has 0 aliphatic carbocycles. The Bertz CT molecular complexity index is 1250. The Kier molecular flexibility index (Phi) is 7.51. The van der Waals surface area contributed by atoms with E-state index in [0.29, 0.717) is 68.0 Å². The Hall–Kier alpha value is -2.80. The molecule has 2 aliphatic rings. The number of ether oxygens (including phenoxy) is 1. The molecule has 3 N–H and O–H groups in total. The zero-order chi connectivity index (χ0) is 26.1. The van der Waals surface area contributed by atoms with Crippen molar-refractivity contribution in [2.75, 3.05) is 39.4 Å². The van der Waals surface area contributed by atoms with Gasteiger partial charge in [-0.15, -0.1) is 0 Å². The van der Waals surface area contributed by atoms with Gasteiger partial charge in [-0.2, -0.15) is 4.31 Å². The number of hydrogen-bond acceptors (Lipinski definition) is 7. The SMILES string of the molecule is CC(C)N/C(=N\C=N)c1cn2c(n1)-c1cc(S(=O)(=O)N3CCN(C(C)(C)CO)CC3)ccc1OCC2. The lowest BCUT2D eigenvalue weighted by molar-refractivity contribution is 0.0334. The lowest BCUT2D eigenvalue weighted by Crippen LogP contribution is -2.56. The summed E-state index contributed by atoms with van der Waals surface area (Å²) in [6.07, 6.45) is 2.81. The van der Waals surface area contributed by atoms with Crippen molar-refractivity contribution in [2.24, 2.45) is 4.99 Å². The maximum Gasteiger partial charge on any atom is 0.243 e. The number of aliphatic imine (C=N–C) groups is 1. The Balaban J connectivity index is 1.66. The molecule has 0 bridgehead atoms. The molecule has 1 aromatic heterocycles. The summed E-state index contributed by atoms with van der Waals surface area (Å²) in [7, 11) is -3.73. The molecule has 0 unspecified atom stereocenters. The number of benzene rings is 1. The number of fused-ring (bicyclic) bond motifs is 3. The number of hydrogen-bond donors (Lipinski definition) is 3. The van der Waals surface area contributed by atoms with E-state index in [-0.39, 0.29) is 17.5 Å². The van der Waals surface area contributed by atoms with Gasteiger partial charge in [-0.25, -0.2) is 18.4 Å². The molecule has 2 aromatic rings. The molecule has 2 aliphatic heterocycles. The highest BCUT2D eigenvalue weighted by atomic mass is 32.2. The molecule has 11 nitrogen and oxygen atoms in total. The fraction of sp³-hybridized carbons (Fsp3) is 0.542. The minimum Gasteiger partial charge on any atom is -0.491 e. The molecular formula is C24H35N7O4S. The average Bonchev–Trinajstić information content (AvgIpc) is 3.20. The highest BCUT2D eigenvalue weighted by molar-refractivity contribution is 7.89. The Labute approximate surface area is 212 Å². The van der Waals surface area contributed by atoms with Gasteiger partial charge < -0.3 is 19.7 Å². The first-order valence-electron chi connectivity index (χ1n) is 12.1. The second-order valence-corrected chi connectivity index (χ2v) is 11.9. The maximum absolute atomic E-state index is 13.6. The summed E-state index contributed by atoms with van der Waals surface area (Å²) in [5.41, 5.74) is 0.778. The van der Waals surface area contributed by atoms with E-state index in [1.165, 1.54) is 4.31 Å². The monoisotopic (exact) mass is 517 g/mol. The van der Waals surface area contributed by atoms with Crippen LogP contribution in [0.1, 0.15) is 33.4 Å². The summed E-state index contributed by atoms with van der Waals surface area (Å²) in [6, 6.07) is 5.00. The Morgan fingerprint density at radius 2 is 2.00 bits per heavy atom. The predicted octanol–water partition coefficient (Wildman–Crippen LogP) is 1.37. The van der Waals surface area contributed by atoms with E-state index < -0.39 is 15.6 Å². The van der Waals surface area contributed by atoms with Crippen LogP contribution >= 0.6 is 0 Å². The van der Waals surface area contributed by atoms with Crippen LogP contribution in [0.15, 0.2) is 34.3 Å². The normalized spacial score (nSPS) is 17.8. The Morgan fingerprint density at radius 3 is 2.64 bits per heavy atom. The van der Waals surface area contributed by atoms with Crippen LogP contribution in [0, 0.1) is 5.41 Å². The van der Waals surface area contributed by atoms with E-state index in [9.17, 15) is 13.5 Å². The third-order valence-corrected chi connectivity index (χ3v) is 8.43. The molecule has 0 radical (unpaired) electrons. The van der Waals surface area contributed by atoms with Crippen LogP contribution in [0.3, 0.4) is 0 Å². The summed E-state index contributed by atoms with van der Waals surface area (Å²) in [5, 5.41) is 20.3. The topological polar surface area (TPSA) is 136 Å². The summed E-state index contributed by atoms with van der Waals surface area (Å²) >= 11 is 0. The van der Waals surface area contributed by atoms with Crippen LogP contribution in [0.5, 0.6) is 5.75 Å². The maximum atomic E-state index is 13.6. The van der Waals surface area contributed by atoms with Crippen molar-refractivity contribution in [3.63, 3.8) is 0 Å². The molecule has 1 aromatic carbocycles. The van der Waals surface area contributed by atoms with Gasteiger partial charge in [0.2, 0.25) is 10.0 Å². The minimum absolute atomic E-state index is 0.0120. The van der Waals surface area contributed by atoms with Gasteiger partial charge in [-0.05, 0) is 45.9 Å². The number of nitrogens with one attached hydrogen (secondary N) is 2. The van der Waals surface area contributed by atoms with Crippen LogP contribution in [0.2, 0.25) is 0 Å². The number of rotatable bonds is 7. The fourth-order valence-electron chi connectivity index (χ4n) is 4.44. The van der Waals surface area contributed by atoms with E-state index in [4.69, 9.17) is 15.1 Å². The van der Waals surface area contributed by atoms with Crippen molar-refractivity contribution in [3.8, 4) is 17.1 Å². The second kappa shape index (κ2) is 10.3. The van der Waals surface area contributed by atoms with Crippen LogP contribution in [-0.2, 0) is 16.6 Å². The van der Waals surface area contributed by atoms with Crippen LogP contribution < -0.4 is 10.1 Å². The van der Waals surface area contributed by atoms with Gasteiger partial charge in [0, 0.05) is 44.0 Å². The summed E-state index contributed by atoms with van der Waals surface area (Å²) in [5.74, 6) is 1.64. The van der Waals surface area contributed by atoms with Crippen LogP contribution in [0.25, 0.3) is 11.4 Å². The standard InChI is InChI=1S/C24H35N7O4S/c1-17(2)27-22(26-16-25)20-14-29-11-12-35-21-6-5-18(13-19(21)23(29)28-20)36(33,34)31-9-7-30(8-10-31)24(3,4)15-32/h5-6,13-14,16-17,32H,7-12,15H2,1-4H3,(H2,25,26,27). The lowest BCUT2D eigenvalue weighted by atomic mass is 10.0. The van der Waals surface area contributed by atoms with Gasteiger partial charge in [0.15, 0.2) is 5.84 Å².